The number of hydrogen-bond acceptors (Lipinski definition) is 3. The first-order valence-corrected chi connectivity index (χ1v) is 7.64. The number of benzene rings is 2. The van der Waals surface area contributed by atoms with E-state index < -0.39 is 6.03 Å². The third kappa shape index (κ3) is 5.28. The topological polar surface area (TPSA) is 106 Å². The lowest BCUT2D eigenvalue weighted by Gasteiger charge is -2.12. The molecule has 3 amide bonds. The first-order valence-electron chi connectivity index (χ1n) is 7.64. The van der Waals surface area contributed by atoms with Gasteiger partial charge in [-0.05, 0) is 16.3 Å². The minimum atomic E-state index is -0.490. The Balaban J connectivity index is 1.78. The highest BCUT2D eigenvalue weighted by Crippen LogP contribution is 2.17. The Bertz CT molecular complexity index is 739. The molecule has 2 aromatic rings. The van der Waals surface area contributed by atoms with Crippen LogP contribution in [0.3, 0.4) is 0 Å². The van der Waals surface area contributed by atoms with Crippen molar-refractivity contribution >= 4 is 28.7 Å². The highest BCUT2D eigenvalue weighted by molar-refractivity contribution is 5.94. The summed E-state index contributed by atoms with van der Waals surface area (Å²) in [6.45, 7) is 2.49. The molecule has 0 fully saturated rings. The largest absolute Gasteiger partial charge is 0.355 e. The van der Waals surface area contributed by atoms with Gasteiger partial charge < -0.3 is 16.0 Å². The third-order valence-corrected chi connectivity index (χ3v) is 3.36. The monoisotopic (exact) mass is 327 g/mol. The summed E-state index contributed by atoms with van der Waals surface area (Å²) in [5.41, 5.74) is 1.05. The summed E-state index contributed by atoms with van der Waals surface area (Å²) in [4.78, 5) is 22.3. The molecule has 0 aliphatic carbocycles. The predicted octanol–water partition coefficient (Wildman–Crippen LogP) is 1.30. The summed E-state index contributed by atoms with van der Waals surface area (Å²) in [6, 6.07) is 13.5. The number of urea groups is 1. The van der Waals surface area contributed by atoms with Crippen molar-refractivity contribution in [1.82, 2.24) is 21.3 Å². The Morgan fingerprint density at radius 3 is 2.46 bits per heavy atom. The zero-order chi connectivity index (χ0) is 17.4. The van der Waals surface area contributed by atoms with Gasteiger partial charge in [-0.3, -0.25) is 15.5 Å². The molecule has 2 aromatic carbocycles. The Labute approximate surface area is 140 Å². The second-order valence-electron chi connectivity index (χ2n) is 5.23. The van der Waals surface area contributed by atoms with Gasteiger partial charge >= 0.3 is 6.03 Å². The molecule has 0 aliphatic rings. The van der Waals surface area contributed by atoms with E-state index in [0.717, 1.165) is 16.3 Å². The van der Waals surface area contributed by atoms with Crippen molar-refractivity contribution in [2.45, 2.75) is 13.5 Å². The molecule has 0 aromatic heterocycles. The second kappa shape index (κ2) is 8.52. The van der Waals surface area contributed by atoms with Crippen molar-refractivity contribution in [1.29, 1.82) is 5.41 Å². The molecule has 0 aliphatic heterocycles. The lowest BCUT2D eigenvalue weighted by Crippen LogP contribution is -2.46. The molecular formula is C17H21N5O2. The van der Waals surface area contributed by atoms with E-state index in [1.807, 2.05) is 42.5 Å². The van der Waals surface area contributed by atoms with Crippen LogP contribution < -0.4 is 21.3 Å². The van der Waals surface area contributed by atoms with E-state index in [1.54, 1.807) is 0 Å². The van der Waals surface area contributed by atoms with E-state index in [0.29, 0.717) is 19.6 Å². The van der Waals surface area contributed by atoms with E-state index in [2.05, 4.69) is 21.3 Å². The van der Waals surface area contributed by atoms with Crippen LogP contribution in [0.25, 0.3) is 10.8 Å². The molecule has 7 nitrogen and oxygen atoms in total. The van der Waals surface area contributed by atoms with E-state index in [9.17, 15) is 9.59 Å². The van der Waals surface area contributed by atoms with Crippen LogP contribution in [-0.4, -0.2) is 31.0 Å². The molecule has 0 saturated heterocycles. The fourth-order valence-corrected chi connectivity index (χ4v) is 2.25. The maximum atomic E-state index is 11.6. The van der Waals surface area contributed by atoms with Crippen LogP contribution in [0.4, 0.5) is 4.79 Å². The first kappa shape index (κ1) is 17.3. The number of fused-ring (bicyclic) bond motifs is 1. The molecule has 0 spiro atoms. The summed E-state index contributed by atoms with van der Waals surface area (Å²) in [5.74, 6) is -0.235. The Morgan fingerprint density at radius 2 is 1.67 bits per heavy atom. The van der Waals surface area contributed by atoms with Gasteiger partial charge in [0.05, 0.1) is 0 Å². The summed E-state index contributed by atoms with van der Waals surface area (Å²) in [6.07, 6.45) is 0. The SMILES string of the molecule is CC(=O)NCCNC(=O)NC(=N)NCc1cccc2ccccc12. The fourth-order valence-electron chi connectivity index (χ4n) is 2.25. The molecule has 0 bridgehead atoms. The normalized spacial score (nSPS) is 10.0. The minimum absolute atomic E-state index is 0.0834. The van der Waals surface area contributed by atoms with Gasteiger partial charge in [-0.2, -0.15) is 0 Å². The highest BCUT2D eigenvalue weighted by atomic mass is 16.2. The van der Waals surface area contributed by atoms with Crippen molar-refractivity contribution < 1.29 is 9.59 Å². The lowest BCUT2D eigenvalue weighted by molar-refractivity contribution is -0.118. The van der Waals surface area contributed by atoms with Crippen LogP contribution in [0.1, 0.15) is 12.5 Å². The van der Waals surface area contributed by atoms with E-state index in [1.165, 1.54) is 6.92 Å². The molecule has 0 radical (unpaired) electrons. The standard InChI is InChI=1S/C17H21N5O2/c1-12(23)19-9-10-20-17(24)22-16(18)21-11-14-7-4-6-13-5-2-3-8-15(13)14/h2-8H,9-11H2,1H3,(H,19,23)(H4,18,20,21,22,24). The summed E-state index contributed by atoms with van der Waals surface area (Å²) in [7, 11) is 0. The Kier molecular flexibility index (Phi) is 6.13. The summed E-state index contributed by atoms with van der Waals surface area (Å²) < 4.78 is 0. The number of nitrogens with one attached hydrogen (secondary N) is 5. The van der Waals surface area contributed by atoms with Crippen LogP contribution >= 0.6 is 0 Å². The van der Waals surface area contributed by atoms with E-state index in [-0.39, 0.29) is 11.9 Å². The van der Waals surface area contributed by atoms with Crippen molar-refractivity contribution in [3.8, 4) is 0 Å². The van der Waals surface area contributed by atoms with Gasteiger partial charge in [0.15, 0.2) is 5.96 Å². The van der Waals surface area contributed by atoms with Crippen LogP contribution in [-0.2, 0) is 11.3 Å². The number of carbonyl (C=O) groups is 2. The Hall–Kier alpha value is -3.09. The lowest BCUT2D eigenvalue weighted by atomic mass is 10.0. The average Bonchev–Trinajstić information content (AvgIpc) is 2.56. The van der Waals surface area contributed by atoms with Gasteiger partial charge in [-0.1, -0.05) is 42.5 Å². The van der Waals surface area contributed by atoms with Gasteiger partial charge in [0.1, 0.15) is 0 Å². The van der Waals surface area contributed by atoms with Crippen LogP contribution in [0.2, 0.25) is 0 Å². The van der Waals surface area contributed by atoms with Crippen LogP contribution in [0.15, 0.2) is 42.5 Å². The number of carbonyl (C=O) groups excluding carboxylic acids is 2. The highest BCUT2D eigenvalue weighted by Gasteiger charge is 2.05. The fraction of sp³-hybridized carbons (Fsp3) is 0.235. The van der Waals surface area contributed by atoms with E-state index >= 15 is 0 Å². The molecule has 126 valence electrons. The number of amides is 3. The van der Waals surface area contributed by atoms with Gasteiger partial charge in [-0.15, -0.1) is 0 Å². The van der Waals surface area contributed by atoms with Crippen LogP contribution in [0, 0.1) is 5.41 Å². The van der Waals surface area contributed by atoms with E-state index in [4.69, 9.17) is 5.41 Å². The van der Waals surface area contributed by atoms with Crippen molar-refractivity contribution in [3.05, 3.63) is 48.0 Å². The minimum Gasteiger partial charge on any atom is -0.355 e. The zero-order valence-corrected chi connectivity index (χ0v) is 13.5. The number of guanidine groups is 1. The smallest absolute Gasteiger partial charge is 0.321 e. The van der Waals surface area contributed by atoms with Crippen molar-refractivity contribution in [2.75, 3.05) is 13.1 Å². The molecule has 2 rings (SSSR count). The number of hydrogen-bond donors (Lipinski definition) is 5. The summed E-state index contributed by atoms with van der Waals surface area (Å²) >= 11 is 0. The number of rotatable bonds is 5. The third-order valence-electron chi connectivity index (χ3n) is 3.36. The molecular weight excluding hydrogens is 306 g/mol. The van der Waals surface area contributed by atoms with Gasteiger partial charge in [0.2, 0.25) is 5.91 Å². The molecule has 0 saturated carbocycles. The molecule has 24 heavy (non-hydrogen) atoms. The van der Waals surface area contributed by atoms with Crippen molar-refractivity contribution in [2.24, 2.45) is 0 Å². The quantitative estimate of drug-likeness (QED) is 0.325. The van der Waals surface area contributed by atoms with Gasteiger partial charge in [0, 0.05) is 26.6 Å². The molecule has 7 heteroatoms. The Morgan fingerprint density at radius 1 is 0.958 bits per heavy atom. The second-order valence-corrected chi connectivity index (χ2v) is 5.23. The molecule has 0 heterocycles. The molecule has 0 atom stereocenters. The zero-order valence-electron chi connectivity index (χ0n) is 13.5. The molecule has 0 unspecified atom stereocenters. The average molecular weight is 327 g/mol. The van der Waals surface area contributed by atoms with Crippen LogP contribution in [0.5, 0.6) is 0 Å². The van der Waals surface area contributed by atoms with Gasteiger partial charge in [-0.25, -0.2) is 4.79 Å². The maximum absolute atomic E-state index is 11.6. The van der Waals surface area contributed by atoms with Crippen molar-refractivity contribution in [3.63, 3.8) is 0 Å². The van der Waals surface area contributed by atoms with Gasteiger partial charge in [0.25, 0.3) is 0 Å². The maximum Gasteiger partial charge on any atom is 0.321 e. The first-order chi connectivity index (χ1) is 11.6. The summed E-state index contributed by atoms with van der Waals surface area (Å²) in [5, 5.41) is 20.4. The molecule has 5 N–H and O–H groups in total. The predicted molar refractivity (Wildman–Crippen MR) is 93.7 cm³/mol.